The summed E-state index contributed by atoms with van der Waals surface area (Å²) in [4.78, 5) is 2.54. The van der Waals surface area contributed by atoms with Gasteiger partial charge in [-0.05, 0) is 43.6 Å². The monoisotopic (exact) mass is 292 g/mol. The summed E-state index contributed by atoms with van der Waals surface area (Å²) in [6.45, 7) is 10.9. The highest BCUT2D eigenvalue weighted by Crippen LogP contribution is 2.46. The molecule has 1 unspecified atom stereocenters. The first kappa shape index (κ1) is 15.7. The number of anilines is 1. The van der Waals surface area contributed by atoms with Crippen LogP contribution in [0.3, 0.4) is 0 Å². The van der Waals surface area contributed by atoms with E-state index < -0.39 is 0 Å². The van der Waals surface area contributed by atoms with Gasteiger partial charge in [0.25, 0.3) is 0 Å². The van der Waals surface area contributed by atoms with Gasteiger partial charge in [0.15, 0.2) is 0 Å². The first-order valence-corrected chi connectivity index (χ1v) is 8.74. The summed E-state index contributed by atoms with van der Waals surface area (Å²) in [6.07, 6.45) is 1.23. The van der Waals surface area contributed by atoms with Crippen molar-refractivity contribution in [1.29, 1.82) is 0 Å². The fraction of sp³-hybridized carbons (Fsp3) is 0.647. The molecule has 1 atom stereocenters. The normalized spacial score (nSPS) is 25.4. The molecule has 0 bridgehead atoms. The number of nitrogens with zero attached hydrogens (tertiary/aromatic N) is 1. The highest BCUT2D eigenvalue weighted by Gasteiger charge is 2.49. The highest BCUT2D eigenvalue weighted by molar-refractivity contribution is 7.99. The number of hydrogen-bond acceptors (Lipinski definition) is 3. The minimum atomic E-state index is 0.0555. The molecule has 2 nitrogen and oxygen atoms in total. The number of nitrogens with two attached hydrogens (primary N) is 1. The molecule has 1 aliphatic rings. The van der Waals surface area contributed by atoms with E-state index in [0.29, 0.717) is 6.54 Å². The Morgan fingerprint density at radius 3 is 2.40 bits per heavy atom. The third-order valence-corrected chi connectivity index (χ3v) is 6.16. The highest BCUT2D eigenvalue weighted by atomic mass is 32.2. The summed E-state index contributed by atoms with van der Waals surface area (Å²) in [6, 6.07) is 8.88. The van der Waals surface area contributed by atoms with E-state index in [1.165, 1.54) is 23.4 Å². The number of aryl methyl sites for hydroxylation is 1. The van der Waals surface area contributed by atoms with Crippen LogP contribution >= 0.6 is 11.8 Å². The summed E-state index contributed by atoms with van der Waals surface area (Å²) >= 11 is 2.05. The molecular formula is C17H28N2S. The van der Waals surface area contributed by atoms with Crippen LogP contribution in [0.15, 0.2) is 24.3 Å². The Bertz CT molecular complexity index is 441. The van der Waals surface area contributed by atoms with Crippen molar-refractivity contribution < 1.29 is 0 Å². The van der Waals surface area contributed by atoms with Crippen LogP contribution in [0.4, 0.5) is 5.69 Å². The molecule has 3 heteroatoms. The Morgan fingerprint density at radius 1 is 1.25 bits per heavy atom. The van der Waals surface area contributed by atoms with Crippen molar-refractivity contribution in [3.8, 4) is 0 Å². The maximum Gasteiger partial charge on any atom is 0.0664 e. The summed E-state index contributed by atoms with van der Waals surface area (Å²) in [5.74, 6) is 2.37. The zero-order chi connectivity index (χ0) is 14.8. The van der Waals surface area contributed by atoms with Crippen molar-refractivity contribution in [2.75, 3.05) is 29.5 Å². The smallest absolute Gasteiger partial charge is 0.0664 e. The van der Waals surface area contributed by atoms with E-state index in [4.69, 9.17) is 5.73 Å². The molecule has 0 amide bonds. The van der Waals surface area contributed by atoms with Gasteiger partial charge in [-0.2, -0.15) is 11.8 Å². The van der Waals surface area contributed by atoms with Crippen LogP contribution in [-0.4, -0.2) is 30.1 Å². The lowest BCUT2D eigenvalue weighted by atomic mass is 9.69. The Kier molecular flexibility index (Phi) is 4.70. The van der Waals surface area contributed by atoms with Crippen LogP contribution in [0.5, 0.6) is 0 Å². The molecule has 1 aromatic rings. The molecule has 1 saturated heterocycles. The Hall–Kier alpha value is -0.670. The Morgan fingerprint density at radius 2 is 1.90 bits per heavy atom. The van der Waals surface area contributed by atoms with Gasteiger partial charge in [-0.25, -0.2) is 0 Å². The van der Waals surface area contributed by atoms with Gasteiger partial charge >= 0.3 is 0 Å². The average Bonchev–Trinajstić information content (AvgIpc) is 2.43. The van der Waals surface area contributed by atoms with Crippen LogP contribution in [0.1, 0.15) is 32.8 Å². The van der Waals surface area contributed by atoms with Gasteiger partial charge in [0.2, 0.25) is 0 Å². The summed E-state index contributed by atoms with van der Waals surface area (Å²) in [7, 11) is 0. The van der Waals surface area contributed by atoms with Crippen molar-refractivity contribution in [3.63, 3.8) is 0 Å². The number of hydrogen-bond donors (Lipinski definition) is 1. The van der Waals surface area contributed by atoms with Crippen molar-refractivity contribution in [2.24, 2.45) is 11.1 Å². The number of thioether (sulfide) groups is 1. The van der Waals surface area contributed by atoms with Crippen molar-refractivity contribution in [2.45, 2.75) is 39.7 Å². The third-order valence-electron chi connectivity index (χ3n) is 4.99. The quantitative estimate of drug-likeness (QED) is 0.918. The van der Waals surface area contributed by atoms with Gasteiger partial charge < -0.3 is 10.6 Å². The van der Waals surface area contributed by atoms with Crippen molar-refractivity contribution >= 4 is 17.4 Å². The molecule has 0 aliphatic carbocycles. The predicted molar refractivity (Wildman–Crippen MR) is 91.7 cm³/mol. The van der Waals surface area contributed by atoms with Crippen LogP contribution < -0.4 is 10.6 Å². The van der Waals surface area contributed by atoms with Crippen LogP contribution in [0, 0.1) is 12.3 Å². The van der Waals surface area contributed by atoms with Crippen LogP contribution in [0.25, 0.3) is 0 Å². The van der Waals surface area contributed by atoms with Gasteiger partial charge in [0.05, 0.1) is 5.54 Å². The topological polar surface area (TPSA) is 29.3 Å². The Balaban J connectivity index is 2.43. The molecule has 20 heavy (non-hydrogen) atoms. The maximum absolute atomic E-state index is 6.30. The van der Waals surface area contributed by atoms with Gasteiger partial charge in [-0.1, -0.05) is 31.5 Å². The summed E-state index contributed by atoms with van der Waals surface area (Å²) in [5.41, 5.74) is 9.22. The van der Waals surface area contributed by atoms with E-state index in [-0.39, 0.29) is 11.0 Å². The van der Waals surface area contributed by atoms with E-state index in [2.05, 4.69) is 56.9 Å². The largest absolute Gasteiger partial charge is 0.363 e. The molecule has 1 fully saturated rings. The molecule has 0 radical (unpaired) electrons. The lowest BCUT2D eigenvalue weighted by molar-refractivity contribution is 0.170. The fourth-order valence-corrected chi connectivity index (χ4v) is 5.14. The van der Waals surface area contributed by atoms with Gasteiger partial charge in [0.1, 0.15) is 0 Å². The SMILES string of the molecule is CCN(c1ccc(C)cc1)C1(CN)CSCCC1(C)C. The van der Waals surface area contributed by atoms with Gasteiger partial charge in [-0.3, -0.25) is 0 Å². The molecule has 2 rings (SSSR count). The first-order valence-electron chi connectivity index (χ1n) is 7.59. The minimum absolute atomic E-state index is 0.0555. The summed E-state index contributed by atoms with van der Waals surface area (Å²) < 4.78 is 0. The fourth-order valence-electron chi connectivity index (χ4n) is 3.34. The second-order valence-corrected chi connectivity index (χ2v) is 7.61. The third kappa shape index (κ3) is 2.58. The molecule has 1 aliphatic heterocycles. The number of rotatable bonds is 4. The molecular weight excluding hydrogens is 264 g/mol. The van der Waals surface area contributed by atoms with Crippen molar-refractivity contribution in [3.05, 3.63) is 29.8 Å². The van der Waals surface area contributed by atoms with Crippen LogP contribution in [0.2, 0.25) is 0 Å². The molecule has 112 valence electrons. The molecule has 1 aromatic carbocycles. The molecule has 2 N–H and O–H groups in total. The van der Waals surface area contributed by atoms with Gasteiger partial charge in [0, 0.05) is 24.5 Å². The maximum atomic E-state index is 6.30. The zero-order valence-corrected chi connectivity index (χ0v) is 14.1. The van der Waals surface area contributed by atoms with E-state index >= 15 is 0 Å². The lowest BCUT2D eigenvalue weighted by Gasteiger charge is -2.56. The number of benzene rings is 1. The summed E-state index contributed by atoms with van der Waals surface area (Å²) in [5, 5.41) is 0. The van der Waals surface area contributed by atoms with E-state index in [1.54, 1.807) is 0 Å². The zero-order valence-electron chi connectivity index (χ0n) is 13.3. The van der Waals surface area contributed by atoms with Crippen LogP contribution in [-0.2, 0) is 0 Å². The Labute approximate surface area is 128 Å². The van der Waals surface area contributed by atoms with Crippen molar-refractivity contribution in [1.82, 2.24) is 0 Å². The molecule has 0 spiro atoms. The predicted octanol–water partition coefficient (Wildman–Crippen LogP) is 3.68. The molecule has 0 aromatic heterocycles. The van der Waals surface area contributed by atoms with E-state index in [1.807, 2.05) is 11.8 Å². The van der Waals surface area contributed by atoms with E-state index in [0.717, 1.165) is 12.3 Å². The molecule has 1 heterocycles. The molecule has 0 saturated carbocycles. The lowest BCUT2D eigenvalue weighted by Crippen LogP contribution is -2.66. The second-order valence-electron chi connectivity index (χ2n) is 6.50. The van der Waals surface area contributed by atoms with E-state index in [9.17, 15) is 0 Å². The second kappa shape index (κ2) is 5.98. The first-order chi connectivity index (χ1) is 9.47. The van der Waals surface area contributed by atoms with Gasteiger partial charge in [-0.15, -0.1) is 0 Å². The number of likely N-dealkylation sites (N-methyl/N-ethyl adjacent to an activating group) is 1. The average molecular weight is 292 g/mol. The standard InChI is InChI=1S/C17H28N2S/c1-5-19(15-8-6-14(2)7-9-15)17(12-18)13-20-11-10-16(17,3)4/h6-9H,5,10-13,18H2,1-4H3. The minimum Gasteiger partial charge on any atom is -0.363 e.